The molecule has 1 aromatic heterocycles. The van der Waals surface area contributed by atoms with E-state index in [1.807, 2.05) is 67.6 Å². The Labute approximate surface area is 252 Å². The number of hydrogen-bond acceptors (Lipinski definition) is 5. The Morgan fingerprint density at radius 1 is 1.02 bits per heavy atom. The SMILES string of the molecule is C=C(C=NC)/C(=C\CCc1cc(-c2ccc(C)cc2)no1)N=C(C)c1cccc(F)c1F.CCc1cccc(C(C)=O)c1. The molecule has 0 spiro atoms. The fourth-order valence-electron chi connectivity index (χ4n) is 4.15. The number of aromatic nitrogens is 1. The number of carbonyl (C=O) groups excluding carboxylic acids is 1. The van der Waals surface area contributed by atoms with Crippen LogP contribution in [0.4, 0.5) is 8.78 Å². The van der Waals surface area contributed by atoms with Gasteiger partial charge in [-0.05, 0) is 57.4 Å². The second kappa shape index (κ2) is 16.0. The zero-order chi connectivity index (χ0) is 31.4. The van der Waals surface area contributed by atoms with Crippen molar-refractivity contribution in [3.8, 4) is 11.3 Å². The molecule has 0 fully saturated rings. The quantitative estimate of drug-likeness (QED) is 0.107. The Hall–Kier alpha value is -4.78. The maximum atomic E-state index is 14.1. The molecule has 222 valence electrons. The van der Waals surface area contributed by atoms with Gasteiger partial charge in [0.2, 0.25) is 0 Å². The molecular formula is C36H37F2N3O2. The van der Waals surface area contributed by atoms with Gasteiger partial charge in [-0.25, -0.2) is 8.78 Å². The van der Waals surface area contributed by atoms with E-state index >= 15 is 0 Å². The smallest absolute Gasteiger partial charge is 0.167 e. The molecule has 0 saturated carbocycles. The molecule has 0 saturated heterocycles. The molecule has 0 amide bonds. The summed E-state index contributed by atoms with van der Waals surface area (Å²) < 4.78 is 33.2. The third kappa shape index (κ3) is 9.64. The largest absolute Gasteiger partial charge is 0.361 e. The summed E-state index contributed by atoms with van der Waals surface area (Å²) in [6.45, 7) is 11.3. The average molecular weight is 582 g/mol. The zero-order valence-electron chi connectivity index (χ0n) is 25.3. The number of aliphatic imine (C=N–C) groups is 2. The molecule has 4 aromatic rings. The highest BCUT2D eigenvalue weighted by Gasteiger charge is 2.12. The lowest BCUT2D eigenvalue weighted by Gasteiger charge is -2.07. The van der Waals surface area contributed by atoms with Gasteiger partial charge in [-0.3, -0.25) is 14.8 Å². The van der Waals surface area contributed by atoms with E-state index in [4.69, 9.17) is 4.52 Å². The van der Waals surface area contributed by atoms with E-state index in [9.17, 15) is 13.6 Å². The van der Waals surface area contributed by atoms with Crippen LogP contribution in [0.1, 0.15) is 60.0 Å². The van der Waals surface area contributed by atoms with Gasteiger partial charge in [-0.15, -0.1) is 0 Å². The van der Waals surface area contributed by atoms with Crippen molar-refractivity contribution in [2.45, 2.75) is 47.0 Å². The Morgan fingerprint density at radius 3 is 2.42 bits per heavy atom. The van der Waals surface area contributed by atoms with Crippen LogP contribution in [0.25, 0.3) is 11.3 Å². The maximum Gasteiger partial charge on any atom is 0.167 e. The summed E-state index contributed by atoms with van der Waals surface area (Å²) in [5.41, 5.74) is 6.54. The van der Waals surface area contributed by atoms with Crippen molar-refractivity contribution in [2.75, 3.05) is 7.05 Å². The first kappa shape index (κ1) is 32.7. The molecule has 0 aliphatic rings. The molecule has 5 nitrogen and oxygen atoms in total. The number of nitrogens with zero attached hydrogens (tertiary/aromatic N) is 3. The number of halogens is 2. The van der Waals surface area contributed by atoms with Crippen molar-refractivity contribution in [2.24, 2.45) is 9.98 Å². The fourth-order valence-corrected chi connectivity index (χ4v) is 4.15. The Kier molecular flexibility index (Phi) is 12.2. The summed E-state index contributed by atoms with van der Waals surface area (Å²) >= 11 is 0. The number of benzene rings is 3. The van der Waals surface area contributed by atoms with Crippen LogP contribution < -0.4 is 0 Å². The average Bonchev–Trinajstić information content (AvgIpc) is 3.47. The molecule has 0 radical (unpaired) electrons. The number of allylic oxidation sites excluding steroid dienone is 2. The van der Waals surface area contributed by atoms with Crippen molar-refractivity contribution in [3.63, 3.8) is 0 Å². The van der Waals surface area contributed by atoms with Gasteiger partial charge in [0.15, 0.2) is 17.4 Å². The van der Waals surface area contributed by atoms with Crippen molar-refractivity contribution in [1.29, 1.82) is 0 Å². The number of ketones is 1. The lowest BCUT2D eigenvalue weighted by molar-refractivity contribution is 0.101. The highest BCUT2D eigenvalue weighted by molar-refractivity contribution is 6.00. The van der Waals surface area contributed by atoms with E-state index in [2.05, 4.69) is 28.6 Å². The van der Waals surface area contributed by atoms with Crippen LogP contribution in [-0.4, -0.2) is 29.9 Å². The number of carbonyl (C=O) groups is 1. The van der Waals surface area contributed by atoms with E-state index in [-0.39, 0.29) is 11.3 Å². The number of hydrogen-bond donors (Lipinski definition) is 0. The lowest BCUT2D eigenvalue weighted by atomic mass is 10.1. The molecule has 4 rings (SSSR count). The maximum absolute atomic E-state index is 14.1. The van der Waals surface area contributed by atoms with Crippen LogP contribution in [0, 0.1) is 18.6 Å². The summed E-state index contributed by atoms with van der Waals surface area (Å²) in [5.74, 6) is -0.956. The Bertz CT molecular complexity index is 1650. The number of rotatable bonds is 10. The monoisotopic (exact) mass is 581 g/mol. The molecule has 43 heavy (non-hydrogen) atoms. The highest BCUT2D eigenvalue weighted by Crippen LogP contribution is 2.21. The van der Waals surface area contributed by atoms with Gasteiger partial charge >= 0.3 is 0 Å². The van der Waals surface area contributed by atoms with Crippen molar-refractivity contribution in [1.82, 2.24) is 5.16 Å². The third-order valence-corrected chi connectivity index (χ3v) is 6.62. The van der Waals surface area contributed by atoms with E-state index in [0.29, 0.717) is 29.8 Å². The van der Waals surface area contributed by atoms with E-state index in [0.717, 1.165) is 35.1 Å². The molecule has 0 N–H and O–H groups in total. The summed E-state index contributed by atoms with van der Waals surface area (Å²) in [6.07, 6.45) is 5.63. The van der Waals surface area contributed by atoms with Crippen LogP contribution in [0.3, 0.4) is 0 Å². The normalized spacial score (nSPS) is 11.8. The van der Waals surface area contributed by atoms with E-state index in [1.54, 1.807) is 27.1 Å². The summed E-state index contributed by atoms with van der Waals surface area (Å²) in [6, 6.07) is 21.8. The minimum Gasteiger partial charge on any atom is -0.361 e. The van der Waals surface area contributed by atoms with Gasteiger partial charge in [-0.1, -0.05) is 78.8 Å². The molecule has 0 atom stereocenters. The van der Waals surface area contributed by atoms with Gasteiger partial charge in [0.05, 0.1) is 5.70 Å². The molecule has 0 aliphatic carbocycles. The standard InChI is InChI=1S/C26H25F2N3O.C10H12O/c1-17-11-13-20(14-12-17)25-15-21(32-31-25)7-5-10-24(18(2)16-29-4)30-19(3)22-8-6-9-23(27)26(22)28;1-3-9-5-4-6-10(7-9)8(2)11/h6,8-16H,2,5,7H2,1,3-4H3;4-7H,3H2,1-2H3/b24-10+,29-16?,30-19?;. The number of Topliss-reactive ketones (excluding diaryl/α,β-unsaturated/α-hetero) is 1. The predicted octanol–water partition coefficient (Wildman–Crippen LogP) is 8.96. The number of aryl methyl sites for hydroxylation is 3. The summed E-state index contributed by atoms with van der Waals surface area (Å²) in [5, 5.41) is 4.15. The van der Waals surface area contributed by atoms with Crippen LogP contribution in [0.15, 0.2) is 111 Å². The first-order valence-corrected chi connectivity index (χ1v) is 14.1. The van der Waals surface area contributed by atoms with Crippen LogP contribution >= 0.6 is 0 Å². The van der Waals surface area contributed by atoms with Crippen molar-refractivity contribution >= 4 is 17.7 Å². The van der Waals surface area contributed by atoms with Gasteiger partial charge in [0.1, 0.15) is 11.5 Å². The summed E-state index contributed by atoms with van der Waals surface area (Å²) in [7, 11) is 1.63. The van der Waals surface area contributed by atoms with Crippen LogP contribution in [-0.2, 0) is 12.8 Å². The Morgan fingerprint density at radius 2 is 1.74 bits per heavy atom. The molecule has 0 unspecified atom stereocenters. The van der Waals surface area contributed by atoms with Gasteiger partial charge in [-0.2, -0.15) is 0 Å². The van der Waals surface area contributed by atoms with Crippen molar-refractivity contribution in [3.05, 3.63) is 136 Å². The molecule has 0 bridgehead atoms. The van der Waals surface area contributed by atoms with Crippen LogP contribution in [0.2, 0.25) is 0 Å². The minimum absolute atomic E-state index is 0.107. The fraction of sp³-hybridized carbons (Fsp3) is 0.222. The molecule has 1 heterocycles. The second-order valence-electron chi connectivity index (χ2n) is 9.99. The predicted molar refractivity (Wildman–Crippen MR) is 171 cm³/mol. The zero-order valence-corrected chi connectivity index (χ0v) is 25.3. The molecular weight excluding hydrogens is 544 g/mol. The highest BCUT2D eigenvalue weighted by atomic mass is 19.2. The molecule has 3 aromatic carbocycles. The van der Waals surface area contributed by atoms with Crippen LogP contribution in [0.5, 0.6) is 0 Å². The lowest BCUT2D eigenvalue weighted by Crippen LogP contribution is -2.03. The van der Waals surface area contributed by atoms with E-state index in [1.165, 1.54) is 23.3 Å². The Balaban J connectivity index is 0.000000386. The van der Waals surface area contributed by atoms with Gasteiger partial charge in [0.25, 0.3) is 0 Å². The topological polar surface area (TPSA) is 67.8 Å². The summed E-state index contributed by atoms with van der Waals surface area (Å²) in [4.78, 5) is 19.4. The van der Waals surface area contributed by atoms with Crippen molar-refractivity contribution < 1.29 is 18.1 Å². The first-order chi connectivity index (χ1) is 20.6. The third-order valence-electron chi connectivity index (χ3n) is 6.62. The minimum atomic E-state index is -0.923. The van der Waals surface area contributed by atoms with Gasteiger partial charge < -0.3 is 4.52 Å². The molecule has 7 heteroatoms. The van der Waals surface area contributed by atoms with Gasteiger partial charge in [0, 0.05) is 53.7 Å². The second-order valence-corrected chi connectivity index (χ2v) is 9.99. The first-order valence-electron chi connectivity index (χ1n) is 14.1. The van der Waals surface area contributed by atoms with E-state index < -0.39 is 11.6 Å². The molecule has 0 aliphatic heterocycles.